The lowest BCUT2D eigenvalue weighted by Gasteiger charge is -2.07. The number of hydrogen-bond donors (Lipinski definition) is 0. The Morgan fingerprint density at radius 3 is 3.08 bits per heavy atom. The van der Waals surface area contributed by atoms with Gasteiger partial charge >= 0.3 is 0 Å². The van der Waals surface area contributed by atoms with Gasteiger partial charge in [-0.2, -0.15) is 0 Å². The lowest BCUT2D eigenvalue weighted by Crippen LogP contribution is -2.16. The summed E-state index contributed by atoms with van der Waals surface area (Å²) in [6.45, 7) is 4.55. The molecule has 13 heavy (non-hydrogen) atoms. The van der Waals surface area contributed by atoms with Gasteiger partial charge in [0, 0.05) is 5.92 Å². The van der Waals surface area contributed by atoms with Crippen molar-refractivity contribution >= 4 is 5.71 Å². The van der Waals surface area contributed by atoms with E-state index < -0.39 is 0 Å². The molecule has 2 heteroatoms. The Kier molecular flexibility index (Phi) is 2.56. The van der Waals surface area contributed by atoms with Crippen molar-refractivity contribution in [2.24, 2.45) is 17.0 Å². The van der Waals surface area contributed by atoms with Crippen molar-refractivity contribution in [3.63, 3.8) is 0 Å². The summed E-state index contributed by atoms with van der Waals surface area (Å²) in [5, 5.41) is 4.21. The number of oxime groups is 1. The molecule has 0 aromatic carbocycles. The van der Waals surface area contributed by atoms with Crippen molar-refractivity contribution in [1.82, 2.24) is 0 Å². The van der Waals surface area contributed by atoms with Crippen molar-refractivity contribution < 1.29 is 4.84 Å². The third-order valence-electron chi connectivity index (χ3n) is 3.26. The molecule has 0 aromatic rings. The minimum Gasteiger partial charge on any atom is -0.392 e. The van der Waals surface area contributed by atoms with Gasteiger partial charge in [-0.15, -0.1) is 0 Å². The van der Waals surface area contributed by atoms with Gasteiger partial charge in [0.05, 0.1) is 5.71 Å². The first-order valence-electron chi connectivity index (χ1n) is 5.53. The highest BCUT2D eigenvalue weighted by molar-refractivity contribution is 5.88. The molecule has 1 aliphatic heterocycles. The summed E-state index contributed by atoms with van der Waals surface area (Å²) in [6.07, 6.45) is 6.62. The molecule has 1 fully saturated rings. The van der Waals surface area contributed by atoms with Crippen LogP contribution in [0.15, 0.2) is 5.16 Å². The summed E-state index contributed by atoms with van der Waals surface area (Å²) in [6, 6.07) is 0. The Morgan fingerprint density at radius 1 is 1.46 bits per heavy atom. The first-order valence-corrected chi connectivity index (χ1v) is 5.53. The quantitative estimate of drug-likeness (QED) is 0.656. The van der Waals surface area contributed by atoms with Crippen LogP contribution < -0.4 is 0 Å². The minimum atomic E-state index is 0.432. The fraction of sp³-hybridized carbons (Fsp3) is 0.909. The van der Waals surface area contributed by atoms with Crippen LogP contribution in [-0.2, 0) is 4.84 Å². The van der Waals surface area contributed by atoms with Crippen molar-refractivity contribution in [2.75, 3.05) is 0 Å². The fourth-order valence-electron chi connectivity index (χ4n) is 2.50. The molecule has 3 atom stereocenters. The lowest BCUT2D eigenvalue weighted by atomic mass is 9.96. The van der Waals surface area contributed by atoms with Crippen LogP contribution in [0.4, 0.5) is 0 Å². The molecule has 2 nitrogen and oxygen atoms in total. The number of nitrogens with zero attached hydrogens (tertiary/aromatic N) is 1. The largest absolute Gasteiger partial charge is 0.392 e. The maximum atomic E-state index is 5.44. The smallest absolute Gasteiger partial charge is 0.135 e. The van der Waals surface area contributed by atoms with E-state index in [4.69, 9.17) is 4.84 Å². The molecule has 1 heterocycles. The SMILES string of the molecule is CCCCC1=NOC2CC(C)CC12. The van der Waals surface area contributed by atoms with Crippen LogP contribution in [0.3, 0.4) is 0 Å². The summed E-state index contributed by atoms with van der Waals surface area (Å²) in [7, 11) is 0. The normalized spacial score (nSPS) is 37.1. The molecule has 74 valence electrons. The van der Waals surface area contributed by atoms with Gasteiger partial charge in [-0.25, -0.2) is 0 Å². The number of rotatable bonds is 3. The molecule has 0 radical (unpaired) electrons. The molecule has 1 aliphatic carbocycles. The van der Waals surface area contributed by atoms with E-state index in [0.29, 0.717) is 12.0 Å². The van der Waals surface area contributed by atoms with Crippen LogP contribution in [0.5, 0.6) is 0 Å². The van der Waals surface area contributed by atoms with Gasteiger partial charge in [0.2, 0.25) is 0 Å². The number of unbranched alkanes of at least 4 members (excludes halogenated alkanes) is 1. The van der Waals surface area contributed by atoms with E-state index in [-0.39, 0.29) is 0 Å². The number of hydrogen-bond acceptors (Lipinski definition) is 2. The maximum Gasteiger partial charge on any atom is 0.135 e. The van der Waals surface area contributed by atoms with Gasteiger partial charge in [-0.1, -0.05) is 25.4 Å². The Bertz CT molecular complexity index is 212. The van der Waals surface area contributed by atoms with Gasteiger partial charge in [0.15, 0.2) is 0 Å². The summed E-state index contributed by atoms with van der Waals surface area (Å²) in [5.74, 6) is 1.50. The van der Waals surface area contributed by atoms with Crippen molar-refractivity contribution in [1.29, 1.82) is 0 Å². The summed E-state index contributed by atoms with van der Waals surface area (Å²) < 4.78 is 0. The molecule has 2 aliphatic rings. The summed E-state index contributed by atoms with van der Waals surface area (Å²) in [5.41, 5.74) is 1.34. The Hall–Kier alpha value is -0.530. The van der Waals surface area contributed by atoms with E-state index in [2.05, 4.69) is 19.0 Å². The zero-order valence-corrected chi connectivity index (χ0v) is 8.62. The van der Waals surface area contributed by atoms with Gasteiger partial charge in [0.1, 0.15) is 6.10 Å². The molecule has 0 N–H and O–H groups in total. The van der Waals surface area contributed by atoms with Crippen LogP contribution in [0, 0.1) is 11.8 Å². The first-order chi connectivity index (χ1) is 6.31. The van der Waals surface area contributed by atoms with Crippen molar-refractivity contribution in [3.8, 4) is 0 Å². The van der Waals surface area contributed by atoms with Gasteiger partial charge in [-0.05, 0) is 31.6 Å². The molecule has 0 bridgehead atoms. The fourth-order valence-corrected chi connectivity index (χ4v) is 2.50. The molecule has 3 unspecified atom stereocenters. The van der Waals surface area contributed by atoms with Gasteiger partial charge in [-0.3, -0.25) is 0 Å². The Morgan fingerprint density at radius 2 is 2.31 bits per heavy atom. The van der Waals surface area contributed by atoms with Crippen molar-refractivity contribution in [3.05, 3.63) is 0 Å². The van der Waals surface area contributed by atoms with E-state index in [9.17, 15) is 0 Å². The van der Waals surface area contributed by atoms with Crippen LogP contribution in [-0.4, -0.2) is 11.8 Å². The van der Waals surface area contributed by atoms with Crippen LogP contribution in [0.25, 0.3) is 0 Å². The van der Waals surface area contributed by atoms with Crippen LogP contribution >= 0.6 is 0 Å². The Labute approximate surface area is 80.3 Å². The monoisotopic (exact) mass is 181 g/mol. The average Bonchev–Trinajstić information content (AvgIpc) is 2.61. The molecule has 0 amide bonds. The molecule has 1 saturated carbocycles. The first kappa shape index (κ1) is 9.04. The topological polar surface area (TPSA) is 21.6 Å². The second-order valence-electron chi connectivity index (χ2n) is 4.51. The lowest BCUT2D eigenvalue weighted by molar-refractivity contribution is 0.0721. The summed E-state index contributed by atoms with van der Waals surface area (Å²) >= 11 is 0. The molecule has 2 rings (SSSR count). The molecule has 0 spiro atoms. The highest BCUT2D eigenvalue weighted by Crippen LogP contribution is 2.38. The average molecular weight is 181 g/mol. The van der Waals surface area contributed by atoms with Crippen LogP contribution in [0.1, 0.15) is 46.0 Å². The van der Waals surface area contributed by atoms with E-state index in [1.54, 1.807) is 0 Å². The van der Waals surface area contributed by atoms with Gasteiger partial charge < -0.3 is 4.84 Å². The standard InChI is InChI=1S/C11H19NO/c1-3-4-5-10-9-6-8(2)7-11(9)13-12-10/h8-9,11H,3-7H2,1-2H3. The zero-order valence-electron chi connectivity index (χ0n) is 8.62. The van der Waals surface area contributed by atoms with E-state index in [1.807, 2.05) is 0 Å². The van der Waals surface area contributed by atoms with Gasteiger partial charge in [0.25, 0.3) is 0 Å². The van der Waals surface area contributed by atoms with Crippen molar-refractivity contribution in [2.45, 2.75) is 52.1 Å². The molecule has 0 saturated heterocycles. The maximum absolute atomic E-state index is 5.44. The van der Waals surface area contributed by atoms with E-state index in [1.165, 1.54) is 31.4 Å². The van der Waals surface area contributed by atoms with E-state index >= 15 is 0 Å². The minimum absolute atomic E-state index is 0.432. The van der Waals surface area contributed by atoms with Crippen LogP contribution in [0.2, 0.25) is 0 Å². The second kappa shape index (κ2) is 3.69. The predicted octanol–water partition coefficient (Wildman–Crippen LogP) is 2.98. The van der Waals surface area contributed by atoms with E-state index in [0.717, 1.165) is 12.3 Å². The third kappa shape index (κ3) is 1.72. The Balaban J connectivity index is 1.91. The number of fused-ring (bicyclic) bond motifs is 1. The molecular weight excluding hydrogens is 162 g/mol. The third-order valence-corrected chi connectivity index (χ3v) is 3.26. The molecular formula is C11H19NO. The second-order valence-corrected chi connectivity index (χ2v) is 4.51. The highest BCUT2D eigenvalue weighted by atomic mass is 16.6. The zero-order chi connectivity index (χ0) is 9.26. The molecule has 0 aromatic heterocycles. The predicted molar refractivity (Wildman–Crippen MR) is 53.7 cm³/mol. The summed E-state index contributed by atoms with van der Waals surface area (Å²) in [4.78, 5) is 5.44. The highest BCUT2D eigenvalue weighted by Gasteiger charge is 2.40.